The van der Waals surface area contributed by atoms with Crippen LogP contribution in [0.25, 0.3) is 10.6 Å². The molecule has 0 bridgehead atoms. The largest absolute Gasteiger partial charge is 0.343 e. The maximum Gasteiger partial charge on any atom is 0.271 e. The van der Waals surface area contributed by atoms with Gasteiger partial charge in [-0.3, -0.25) is 14.9 Å². The molecule has 0 aliphatic heterocycles. The Morgan fingerprint density at radius 2 is 1.78 bits per heavy atom. The molecule has 3 aromatic heterocycles. The number of rotatable bonds is 4. The lowest BCUT2D eigenvalue weighted by Gasteiger charge is -2.11. The first-order chi connectivity index (χ1) is 12.8. The standard InChI is InChI=1S/C18H19N5O2S2/c1-9-12(6-7-13(20-9)17(25)23(4)5)16(24)22-18-21-14(8-26-18)15-10(2)19-11(3)27-15/h6-8H,1-5H3,(H,21,22,24). The number of pyridine rings is 1. The van der Waals surface area contributed by atoms with E-state index in [9.17, 15) is 9.59 Å². The Kier molecular flexibility index (Phi) is 5.33. The molecular weight excluding hydrogens is 382 g/mol. The average molecular weight is 402 g/mol. The number of amides is 2. The summed E-state index contributed by atoms with van der Waals surface area (Å²) in [6.45, 7) is 5.61. The van der Waals surface area contributed by atoms with Crippen LogP contribution in [0, 0.1) is 20.8 Å². The summed E-state index contributed by atoms with van der Waals surface area (Å²) in [4.78, 5) is 40.2. The molecule has 0 radical (unpaired) electrons. The normalized spacial score (nSPS) is 10.7. The van der Waals surface area contributed by atoms with Gasteiger partial charge in [0.05, 0.1) is 32.5 Å². The molecule has 7 nitrogen and oxygen atoms in total. The Labute approximate surface area is 165 Å². The van der Waals surface area contributed by atoms with Gasteiger partial charge in [-0.15, -0.1) is 22.7 Å². The summed E-state index contributed by atoms with van der Waals surface area (Å²) in [7, 11) is 3.32. The van der Waals surface area contributed by atoms with Crippen LogP contribution >= 0.6 is 22.7 Å². The number of aromatic nitrogens is 3. The number of carbonyl (C=O) groups excluding carboxylic acids is 2. The highest BCUT2D eigenvalue weighted by atomic mass is 32.1. The first-order valence-corrected chi connectivity index (χ1v) is 9.86. The van der Waals surface area contributed by atoms with Crippen LogP contribution in [0.1, 0.15) is 37.2 Å². The van der Waals surface area contributed by atoms with E-state index < -0.39 is 0 Å². The fourth-order valence-electron chi connectivity index (χ4n) is 2.52. The van der Waals surface area contributed by atoms with Crippen LogP contribution in [-0.4, -0.2) is 45.8 Å². The van der Waals surface area contributed by atoms with Crippen molar-refractivity contribution >= 4 is 39.6 Å². The van der Waals surface area contributed by atoms with Gasteiger partial charge in [0.2, 0.25) is 0 Å². The number of thiazole rings is 2. The van der Waals surface area contributed by atoms with Crippen LogP contribution in [0.4, 0.5) is 5.13 Å². The van der Waals surface area contributed by atoms with Gasteiger partial charge >= 0.3 is 0 Å². The molecule has 140 valence electrons. The van der Waals surface area contributed by atoms with Crippen LogP contribution in [-0.2, 0) is 0 Å². The Morgan fingerprint density at radius 1 is 1.04 bits per heavy atom. The molecule has 0 saturated heterocycles. The van der Waals surface area contributed by atoms with Gasteiger partial charge in [-0.25, -0.2) is 15.0 Å². The highest BCUT2D eigenvalue weighted by Crippen LogP contribution is 2.32. The Balaban J connectivity index is 1.78. The summed E-state index contributed by atoms with van der Waals surface area (Å²) in [6.07, 6.45) is 0. The van der Waals surface area contributed by atoms with E-state index in [0.717, 1.165) is 21.3 Å². The van der Waals surface area contributed by atoms with Crippen LogP contribution in [0.2, 0.25) is 0 Å². The van der Waals surface area contributed by atoms with Crippen molar-refractivity contribution in [1.29, 1.82) is 0 Å². The molecule has 1 N–H and O–H groups in total. The topological polar surface area (TPSA) is 88.1 Å². The third kappa shape index (κ3) is 4.04. The molecule has 3 rings (SSSR count). The van der Waals surface area contributed by atoms with Gasteiger partial charge in [0.25, 0.3) is 11.8 Å². The molecule has 3 aromatic rings. The van der Waals surface area contributed by atoms with Crippen molar-refractivity contribution in [1.82, 2.24) is 19.9 Å². The summed E-state index contributed by atoms with van der Waals surface area (Å²) in [5.41, 5.74) is 2.95. The van der Waals surface area contributed by atoms with Gasteiger partial charge in [-0.2, -0.15) is 0 Å². The van der Waals surface area contributed by atoms with E-state index in [1.807, 2.05) is 19.2 Å². The van der Waals surface area contributed by atoms with Gasteiger partial charge in [-0.1, -0.05) is 0 Å². The average Bonchev–Trinajstić information content (AvgIpc) is 3.19. The molecule has 0 aliphatic carbocycles. The van der Waals surface area contributed by atoms with E-state index in [2.05, 4.69) is 20.3 Å². The summed E-state index contributed by atoms with van der Waals surface area (Å²) < 4.78 is 0. The van der Waals surface area contributed by atoms with Gasteiger partial charge in [0.15, 0.2) is 5.13 Å². The predicted octanol–water partition coefficient (Wildman–Crippen LogP) is 3.54. The lowest BCUT2D eigenvalue weighted by atomic mass is 10.1. The molecule has 0 fully saturated rings. The molecule has 0 aromatic carbocycles. The van der Waals surface area contributed by atoms with Crippen molar-refractivity contribution in [2.45, 2.75) is 20.8 Å². The smallest absolute Gasteiger partial charge is 0.271 e. The maximum absolute atomic E-state index is 12.6. The molecule has 0 aliphatic rings. The predicted molar refractivity (Wildman–Crippen MR) is 108 cm³/mol. The highest BCUT2D eigenvalue weighted by Gasteiger charge is 2.17. The summed E-state index contributed by atoms with van der Waals surface area (Å²) in [5, 5.41) is 6.20. The first kappa shape index (κ1) is 19.1. The van der Waals surface area contributed by atoms with Crippen molar-refractivity contribution < 1.29 is 9.59 Å². The molecule has 27 heavy (non-hydrogen) atoms. The van der Waals surface area contributed by atoms with Gasteiger partial charge < -0.3 is 4.90 Å². The van der Waals surface area contributed by atoms with Crippen LogP contribution in [0.3, 0.4) is 0 Å². The Morgan fingerprint density at radius 3 is 2.37 bits per heavy atom. The van der Waals surface area contributed by atoms with E-state index in [1.54, 1.807) is 44.5 Å². The second-order valence-electron chi connectivity index (χ2n) is 6.17. The fourth-order valence-corrected chi connectivity index (χ4v) is 4.17. The van der Waals surface area contributed by atoms with E-state index in [0.29, 0.717) is 22.1 Å². The molecule has 3 heterocycles. The van der Waals surface area contributed by atoms with Crippen molar-refractivity contribution in [3.63, 3.8) is 0 Å². The number of carbonyl (C=O) groups is 2. The lowest BCUT2D eigenvalue weighted by molar-refractivity contribution is 0.0821. The molecule has 0 spiro atoms. The molecule has 9 heteroatoms. The zero-order valence-corrected chi connectivity index (χ0v) is 17.3. The minimum atomic E-state index is -0.304. The zero-order chi connectivity index (χ0) is 19.7. The van der Waals surface area contributed by atoms with Crippen molar-refractivity contribution in [2.75, 3.05) is 19.4 Å². The molecule has 0 unspecified atom stereocenters. The molecule has 0 atom stereocenters. The van der Waals surface area contributed by atoms with E-state index in [-0.39, 0.29) is 11.8 Å². The second-order valence-corrected chi connectivity index (χ2v) is 8.23. The lowest BCUT2D eigenvalue weighted by Crippen LogP contribution is -2.23. The number of anilines is 1. The quantitative estimate of drug-likeness (QED) is 0.722. The monoisotopic (exact) mass is 401 g/mol. The number of hydrogen-bond acceptors (Lipinski definition) is 7. The Hall–Kier alpha value is -2.65. The summed E-state index contributed by atoms with van der Waals surface area (Å²) >= 11 is 2.94. The maximum atomic E-state index is 12.6. The zero-order valence-electron chi connectivity index (χ0n) is 15.7. The molecular formula is C18H19N5O2S2. The van der Waals surface area contributed by atoms with Crippen LogP contribution < -0.4 is 5.32 Å². The van der Waals surface area contributed by atoms with Crippen molar-refractivity contribution in [2.24, 2.45) is 0 Å². The SMILES string of the molecule is Cc1nc(C)c(-c2csc(NC(=O)c3ccc(C(=O)N(C)C)nc3C)n2)s1. The van der Waals surface area contributed by atoms with Crippen molar-refractivity contribution in [3.8, 4) is 10.6 Å². The summed E-state index contributed by atoms with van der Waals surface area (Å²) in [6, 6.07) is 3.17. The number of nitrogens with one attached hydrogen (secondary N) is 1. The fraction of sp³-hybridized carbons (Fsp3) is 0.278. The Bertz CT molecular complexity index is 1020. The van der Waals surface area contributed by atoms with Crippen LogP contribution in [0.15, 0.2) is 17.5 Å². The van der Waals surface area contributed by atoms with Crippen LogP contribution in [0.5, 0.6) is 0 Å². The summed E-state index contributed by atoms with van der Waals surface area (Å²) in [5.74, 6) is -0.508. The third-order valence-electron chi connectivity index (χ3n) is 3.82. The van der Waals surface area contributed by atoms with E-state index in [1.165, 1.54) is 16.2 Å². The van der Waals surface area contributed by atoms with E-state index >= 15 is 0 Å². The van der Waals surface area contributed by atoms with Gasteiger partial charge in [0.1, 0.15) is 5.69 Å². The van der Waals surface area contributed by atoms with Crippen molar-refractivity contribution in [3.05, 3.63) is 45.2 Å². The number of aryl methyl sites for hydroxylation is 3. The first-order valence-electron chi connectivity index (χ1n) is 8.17. The number of nitrogens with zero attached hydrogens (tertiary/aromatic N) is 4. The second kappa shape index (κ2) is 7.53. The third-order valence-corrected chi connectivity index (χ3v) is 5.67. The minimum absolute atomic E-state index is 0.204. The van der Waals surface area contributed by atoms with E-state index in [4.69, 9.17) is 0 Å². The number of hydrogen-bond donors (Lipinski definition) is 1. The van der Waals surface area contributed by atoms with Gasteiger partial charge in [0, 0.05) is 19.5 Å². The molecule has 2 amide bonds. The minimum Gasteiger partial charge on any atom is -0.343 e. The molecule has 0 saturated carbocycles. The van der Waals surface area contributed by atoms with Gasteiger partial charge in [-0.05, 0) is 32.9 Å². The highest BCUT2D eigenvalue weighted by molar-refractivity contribution is 7.16.